The van der Waals surface area contributed by atoms with E-state index in [2.05, 4.69) is 5.29 Å². The predicted molar refractivity (Wildman–Crippen MR) is 58.4 cm³/mol. The molecular weight excluding hydrogens is 236 g/mol. The zero-order valence-corrected chi connectivity index (χ0v) is 9.62. The highest BCUT2D eigenvalue weighted by molar-refractivity contribution is 8.00. The fraction of sp³-hybridized carbons (Fsp3) is 1.00. The molecule has 0 radical (unpaired) electrons. The Bertz CT molecular complexity index is 242. The normalized spacial score (nSPS) is 28.6. The van der Waals surface area contributed by atoms with Gasteiger partial charge in [0.2, 0.25) is 0 Å². The van der Waals surface area contributed by atoms with Crippen molar-refractivity contribution in [1.29, 1.82) is 0 Å². The molecule has 0 spiro atoms. The molecule has 8 heteroatoms. The van der Waals surface area contributed by atoms with Crippen LogP contribution in [0.1, 0.15) is 6.92 Å². The van der Waals surface area contributed by atoms with E-state index in [1.165, 1.54) is 18.7 Å². The second-order valence-corrected chi connectivity index (χ2v) is 4.94. The van der Waals surface area contributed by atoms with Crippen LogP contribution in [0.3, 0.4) is 0 Å². The molecule has 4 N–H and O–H groups in total. The molecule has 0 aliphatic carbocycles. The van der Waals surface area contributed by atoms with Crippen LogP contribution in [0, 0.1) is 4.91 Å². The average Bonchev–Trinajstić information content (AvgIpc) is 2.73. The van der Waals surface area contributed by atoms with Gasteiger partial charge in [0.1, 0.15) is 23.7 Å². The van der Waals surface area contributed by atoms with E-state index in [-0.39, 0.29) is 0 Å². The van der Waals surface area contributed by atoms with Crippen molar-refractivity contribution < 1.29 is 20.4 Å². The van der Waals surface area contributed by atoms with E-state index >= 15 is 0 Å². The fourth-order valence-electron chi connectivity index (χ4n) is 1.50. The molecule has 0 aromatic carbocycles. The van der Waals surface area contributed by atoms with Gasteiger partial charge in [-0.25, -0.2) is 5.01 Å². The van der Waals surface area contributed by atoms with Crippen LogP contribution in [0.4, 0.5) is 0 Å². The largest absolute Gasteiger partial charge is 0.391 e. The Morgan fingerprint density at radius 2 is 1.94 bits per heavy atom. The molecule has 0 aromatic heterocycles. The molecule has 1 aliphatic rings. The smallest absolute Gasteiger partial charge is 0.124 e. The Hall–Kier alpha value is -0.410. The maximum absolute atomic E-state index is 10.4. The first-order valence-corrected chi connectivity index (χ1v) is 5.97. The van der Waals surface area contributed by atoms with Gasteiger partial charge in [-0.05, 0) is 6.92 Å². The molecule has 16 heavy (non-hydrogen) atoms. The Labute approximate surface area is 97.0 Å². The van der Waals surface area contributed by atoms with E-state index in [1.54, 1.807) is 0 Å². The van der Waals surface area contributed by atoms with Crippen LogP contribution in [0.25, 0.3) is 0 Å². The third kappa shape index (κ3) is 2.83. The molecule has 1 saturated heterocycles. The molecule has 0 amide bonds. The minimum atomic E-state index is -1.51. The van der Waals surface area contributed by atoms with Crippen molar-refractivity contribution in [1.82, 2.24) is 5.01 Å². The molecular formula is C8H16N2O5S. The summed E-state index contributed by atoms with van der Waals surface area (Å²) in [5, 5.41) is 41.0. The van der Waals surface area contributed by atoms with Gasteiger partial charge in [0.05, 0.1) is 11.4 Å². The van der Waals surface area contributed by atoms with Crippen LogP contribution < -0.4 is 0 Å². The molecule has 94 valence electrons. The summed E-state index contributed by atoms with van der Waals surface area (Å²) in [5.74, 6) is 0.616. The third-order valence-corrected chi connectivity index (χ3v) is 3.78. The summed E-state index contributed by atoms with van der Waals surface area (Å²) in [6.07, 6.45) is -5.46. The van der Waals surface area contributed by atoms with Gasteiger partial charge in [-0.2, -0.15) is 0 Å². The van der Waals surface area contributed by atoms with Crippen molar-refractivity contribution in [3.8, 4) is 0 Å². The summed E-state index contributed by atoms with van der Waals surface area (Å²) < 4.78 is 0. The minimum absolute atomic E-state index is 0.396. The number of nitrogens with zero attached hydrogens (tertiary/aromatic N) is 2. The van der Waals surface area contributed by atoms with Crippen molar-refractivity contribution in [2.24, 2.45) is 5.29 Å². The molecule has 0 saturated carbocycles. The monoisotopic (exact) mass is 252 g/mol. The molecule has 1 fully saturated rings. The molecule has 0 aromatic rings. The fourth-order valence-corrected chi connectivity index (χ4v) is 2.71. The topological polar surface area (TPSA) is 114 Å². The van der Waals surface area contributed by atoms with Crippen LogP contribution >= 0.6 is 11.8 Å². The number of hydrogen-bond donors (Lipinski definition) is 4. The molecule has 1 heterocycles. The predicted octanol–water partition coefficient (Wildman–Crippen LogP) is -1.49. The van der Waals surface area contributed by atoms with Crippen LogP contribution in [0.5, 0.6) is 0 Å². The Balaban J connectivity index is 2.62. The highest BCUT2D eigenvalue weighted by Gasteiger charge is 2.39. The van der Waals surface area contributed by atoms with E-state index in [0.29, 0.717) is 12.3 Å². The Kier molecular flexibility index (Phi) is 4.93. The molecule has 1 aliphatic heterocycles. The molecule has 5 unspecified atom stereocenters. The lowest BCUT2D eigenvalue weighted by Crippen LogP contribution is -2.50. The maximum atomic E-state index is 10.4. The second kappa shape index (κ2) is 5.78. The van der Waals surface area contributed by atoms with Crippen molar-refractivity contribution in [3.63, 3.8) is 0 Å². The lowest BCUT2D eigenvalue weighted by Gasteiger charge is -2.30. The Morgan fingerprint density at radius 1 is 1.31 bits per heavy atom. The summed E-state index contributed by atoms with van der Waals surface area (Å²) in [6.45, 7) is 1.70. The van der Waals surface area contributed by atoms with Crippen LogP contribution in [-0.4, -0.2) is 67.5 Å². The first kappa shape index (κ1) is 13.7. The molecule has 5 atom stereocenters. The van der Waals surface area contributed by atoms with Crippen LogP contribution in [-0.2, 0) is 0 Å². The van der Waals surface area contributed by atoms with Crippen molar-refractivity contribution in [2.75, 3.05) is 12.3 Å². The van der Waals surface area contributed by atoms with E-state index in [9.17, 15) is 20.2 Å². The first-order chi connectivity index (χ1) is 7.49. The number of aliphatic hydroxyl groups excluding tert-OH is 4. The van der Waals surface area contributed by atoms with Crippen LogP contribution in [0.15, 0.2) is 5.29 Å². The second-order valence-electron chi connectivity index (χ2n) is 3.72. The summed E-state index contributed by atoms with van der Waals surface area (Å²) in [6, 6.07) is 0. The lowest BCUT2D eigenvalue weighted by atomic mass is 10.0. The van der Waals surface area contributed by atoms with Crippen LogP contribution in [0.2, 0.25) is 0 Å². The summed E-state index contributed by atoms with van der Waals surface area (Å²) in [7, 11) is 0. The van der Waals surface area contributed by atoms with Crippen molar-refractivity contribution in [3.05, 3.63) is 4.91 Å². The lowest BCUT2D eigenvalue weighted by molar-refractivity contribution is -0.108. The Morgan fingerprint density at radius 3 is 2.44 bits per heavy atom. The van der Waals surface area contributed by atoms with Gasteiger partial charge in [-0.15, -0.1) is 16.7 Å². The number of aliphatic hydroxyl groups is 4. The average molecular weight is 252 g/mol. The zero-order valence-electron chi connectivity index (χ0n) is 8.80. The summed E-state index contributed by atoms with van der Waals surface area (Å²) >= 11 is 1.27. The zero-order chi connectivity index (χ0) is 12.3. The minimum Gasteiger partial charge on any atom is -0.391 e. The quantitative estimate of drug-likeness (QED) is 0.441. The third-order valence-electron chi connectivity index (χ3n) is 2.49. The molecule has 0 bridgehead atoms. The molecule has 1 rings (SSSR count). The van der Waals surface area contributed by atoms with E-state index < -0.39 is 29.8 Å². The van der Waals surface area contributed by atoms with Crippen molar-refractivity contribution in [2.45, 2.75) is 36.7 Å². The van der Waals surface area contributed by atoms with Gasteiger partial charge in [0.15, 0.2) is 0 Å². The van der Waals surface area contributed by atoms with Gasteiger partial charge in [-0.1, -0.05) is 0 Å². The van der Waals surface area contributed by atoms with E-state index in [1.807, 2.05) is 0 Å². The van der Waals surface area contributed by atoms with E-state index in [0.717, 1.165) is 5.01 Å². The van der Waals surface area contributed by atoms with Gasteiger partial charge in [0, 0.05) is 12.3 Å². The summed E-state index contributed by atoms with van der Waals surface area (Å²) in [5.41, 5.74) is 0. The van der Waals surface area contributed by atoms with Gasteiger partial charge in [-0.3, -0.25) is 0 Å². The molecule has 7 nitrogen and oxygen atoms in total. The summed E-state index contributed by atoms with van der Waals surface area (Å²) in [4.78, 5) is 10.4. The van der Waals surface area contributed by atoms with E-state index in [4.69, 9.17) is 5.11 Å². The highest BCUT2D eigenvalue weighted by atomic mass is 32.2. The van der Waals surface area contributed by atoms with Crippen molar-refractivity contribution >= 4 is 11.8 Å². The maximum Gasteiger partial charge on any atom is 0.124 e. The number of thioether (sulfide) groups is 1. The number of nitroso groups, excluding NO2 is 1. The number of rotatable bonds is 5. The number of hydrogen-bond acceptors (Lipinski definition) is 7. The highest BCUT2D eigenvalue weighted by Crippen LogP contribution is 2.28. The van der Waals surface area contributed by atoms with Gasteiger partial charge >= 0.3 is 0 Å². The van der Waals surface area contributed by atoms with Gasteiger partial charge in [0.25, 0.3) is 0 Å². The first-order valence-electron chi connectivity index (χ1n) is 4.92. The SMILES string of the molecule is CC(O)C(O)C(O)C(O)C1SCCN1N=O. The standard InChI is InChI=1S/C8H16N2O5S/c1-4(11)5(12)6(13)7(14)8-10(9-15)2-3-16-8/h4-8,11-14H,2-3H2,1H3. The van der Waals surface area contributed by atoms with Gasteiger partial charge < -0.3 is 20.4 Å².